The van der Waals surface area contributed by atoms with Gasteiger partial charge in [0.25, 0.3) is 5.91 Å². The highest BCUT2D eigenvalue weighted by Gasteiger charge is 2.11. The minimum atomic E-state index is -1.49. The molecule has 0 aliphatic carbocycles. The molecule has 1 aromatic rings. The van der Waals surface area contributed by atoms with Crippen LogP contribution in [-0.4, -0.2) is 29.6 Å². The summed E-state index contributed by atoms with van der Waals surface area (Å²) in [7, 11) is -1.49. The third-order valence-corrected chi connectivity index (χ3v) is 2.29. The molecule has 0 bridgehead atoms. The van der Waals surface area contributed by atoms with Crippen LogP contribution in [0, 0.1) is 0 Å². The number of carbonyl (C=O) groups is 1. The summed E-state index contributed by atoms with van der Waals surface area (Å²) in [6.07, 6.45) is 2.00. The lowest BCUT2D eigenvalue weighted by Gasteiger charge is -2.05. The normalized spacial score (nSPS) is 9.94. The predicted octanol–water partition coefficient (Wildman–Crippen LogP) is -0.104. The van der Waals surface area contributed by atoms with Crippen molar-refractivity contribution in [3.05, 3.63) is 29.8 Å². The Hall–Kier alpha value is -1.33. The van der Waals surface area contributed by atoms with E-state index in [4.69, 9.17) is 10.0 Å². The summed E-state index contributed by atoms with van der Waals surface area (Å²) in [6.45, 7) is 2.73. The van der Waals surface area contributed by atoms with Gasteiger partial charge in [0, 0.05) is 12.1 Å². The van der Waals surface area contributed by atoms with Crippen LogP contribution in [0.3, 0.4) is 0 Å². The molecule has 0 saturated carbocycles. The standard InChI is InChI=1S/C11H16BNO3/c1-2-3-8-13-11(14)9-4-6-10(7-5-9)12(15)16/h4-7,15-16H,2-3,8H2,1H3,(H,13,14). The van der Waals surface area contributed by atoms with Gasteiger partial charge < -0.3 is 15.4 Å². The fourth-order valence-electron chi connectivity index (χ4n) is 1.29. The maximum absolute atomic E-state index is 11.6. The molecule has 0 atom stereocenters. The van der Waals surface area contributed by atoms with Crippen LogP contribution < -0.4 is 10.8 Å². The zero-order valence-corrected chi connectivity index (χ0v) is 9.31. The Morgan fingerprint density at radius 3 is 2.44 bits per heavy atom. The lowest BCUT2D eigenvalue weighted by Crippen LogP contribution is -2.30. The molecule has 1 amide bonds. The van der Waals surface area contributed by atoms with Crippen molar-refractivity contribution in [3.63, 3.8) is 0 Å². The Labute approximate surface area is 95.4 Å². The van der Waals surface area contributed by atoms with Crippen LogP contribution >= 0.6 is 0 Å². The molecule has 1 rings (SSSR count). The van der Waals surface area contributed by atoms with Crippen molar-refractivity contribution in [1.82, 2.24) is 5.32 Å². The zero-order valence-electron chi connectivity index (χ0n) is 9.31. The van der Waals surface area contributed by atoms with Gasteiger partial charge in [-0.1, -0.05) is 25.5 Å². The van der Waals surface area contributed by atoms with Gasteiger partial charge in [-0.05, 0) is 24.0 Å². The van der Waals surface area contributed by atoms with Gasteiger partial charge in [-0.2, -0.15) is 0 Å². The van der Waals surface area contributed by atoms with Gasteiger partial charge in [-0.3, -0.25) is 4.79 Å². The first-order valence-electron chi connectivity index (χ1n) is 5.39. The maximum Gasteiger partial charge on any atom is 0.488 e. The highest BCUT2D eigenvalue weighted by molar-refractivity contribution is 6.58. The van der Waals surface area contributed by atoms with Crippen molar-refractivity contribution in [2.24, 2.45) is 0 Å². The van der Waals surface area contributed by atoms with Gasteiger partial charge >= 0.3 is 7.12 Å². The van der Waals surface area contributed by atoms with E-state index in [2.05, 4.69) is 12.2 Å². The van der Waals surface area contributed by atoms with Gasteiger partial charge in [0.05, 0.1) is 0 Å². The van der Waals surface area contributed by atoms with Crippen LogP contribution in [0.5, 0.6) is 0 Å². The monoisotopic (exact) mass is 221 g/mol. The second-order valence-corrected chi connectivity index (χ2v) is 3.61. The van der Waals surface area contributed by atoms with E-state index >= 15 is 0 Å². The average molecular weight is 221 g/mol. The van der Waals surface area contributed by atoms with Crippen LogP contribution in [0.25, 0.3) is 0 Å². The second-order valence-electron chi connectivity index (χ2n) is 3.61. The van der Waals surface area contributed by atoms with E-state index in [1.54, 1.807) is 12.1 Å². The SMILES string of the molecule is CCCCNC(=O)c1ccc(B(O)O)cc1. The molecule has 0 aromatic heterocycles. The lowest BCUT2D eigenvalue weighted by molar-refractivity contribution is 0.0953. The molecular weight excluding hydrogens is 205 g/mol. The minimum Gasteiger partial charge on any atom is -0.423 e. The molecule has 0 fully saturated rings. The summed E-state index contributed by atoms with van der Waals surface area (Å²) >= 11 is 0. The Kier molecular flexibility index (Phi) is 5.02. The second kappa shape index (κ2) is 6.30. The first-order chi connectivity index (χ1) is 7.65. The smallest absolute Gasteiger partial charge is 0.423 e. The summed E-state index contributed by atoms with van der Waals surface area (Å²) < 4.78 is 0. The van der Waals surface area contributed by atoms with E-state index in [0.29, 0.717) is 17.6 Å². The fourth-order valence-corrected chi connectivity index (χ4v) is 1.29. The zero-order chi connectivity index (χ0) is 12.0. The van der Waals surface area contributed by atoms with Crippen molar-refractivity contribution in [2.45, 2.75) is 19.8 Å². The number of amides is 1. The number of nitrogens with one attached hydrogen (secondary N) is 1. The maximum atomic E-state index is 11.6. The van der Waals surface area contributed by atoms with Crippen LogP contribution in [0.2, 0.25) is 0 Å². The first kappa shape index (κ1) is 12.7. The molecule has 0 aliphatic heterocycles. The summed E-state index contributed by atoms with van der Waals surface area (Å²) in [5, 5.41) is 20.5. The number of rotatable bonds is 5. The molecule has 0 spiro atoms. The van der Waals surface area contributed by atoms with E-state index in [0.717, 1.165) is 12.8 Å². The molecule has 86 valence electrons. The van der Waals surface area contributed by atoms with Crippen molar-refractivity contribution < 1.29 is 14.8 Å². The van der Waals surface area contributed by atoms with Crippen LogP contribution in [0.4, 0.5) is 0 Å². The molecule has 3 N–H and O–H groups in total. The Morgan fingerprint density at radius 1 is 1.31 bits per heavy atom. The van der Waals surface area contributed by atoms with Crippen LogP contribution in [0.1, 0.15) is 30.1 Å². The van der Waals surface area contributed by atoms with Gasteiger partial charge in [-0.15, -0.1) is 0 Å². The van der Waals surface area contributed by atoms with Crippen molar-refractivity contribution in [2.75, 3.05) is 6.54 Å². The quantitative estimate of drug-likeness (QED) is 0.480. The van der Waals surface area contributed by atoms with Crippen molar-refractivity contribution in [1.29, 1.82) is 0 Å². The fraction of sp³-hybridized carbons (Fsp3) is 0.364. The van der Waals surface area contributed by atoms with E-state index in [1.165, 1.54) is 12.1 Å². The number of carbonyl (C=O) groups excluding carboxylic acids is 1. The summed E-state index contributed by atoms with van der Waals surface area (Å²) in [5.41, 5.74) is 0.908. The molecule has 0 aliphatic rings. The molecule has 5 heteroatoms. The first-order valence-corrected chi connectivity index (χ1v) is 5.39. The molecular formula is C11H16BNO3. The molecule has 0 saturated heterocycles. The number of unbranched alkanes of at least 4 members (excludes halogenated alkanes) is 1. The number of hydrogen-bond donors (Lipinski definition) is 3. The molecule has 0 heterocycles. The minimum absolute atomic E-state index is 0.132. The largest absolute Gasteiger partial charge is 0.488 e. The molecule has 1 aromatic carbocycles. The van der Waals surface area contributed by atoms with Crippen molar-refractivity contribution in [3.8, 4) is 0 Å². The van der Waals surface area contributed by atoms with Gasteiger partial charge in [-0.25, -0.2) is 0 Å². The lowest BCUT2D eigenvalue weighted by atomic mass is 9.80. The summed E-state index contributed by atoms with van der Waals surface area (Å²) in [5.74, 6) is -0.132. The number of benzene rings is 1. The van der Waals surface area contributed by atoms with Gasteiger partial charge in [0.15, 0.2) is 0 Å². The van der Waals surface area contributed by atoms with Crippen molar-refractivity contribution >= 4 is 18.5 Å². The molecule has 16 heavy (non-hydrogen) atoms. The highest BCUT2D eigenvalue weighted by atomic mass is 16.4. The molecule has 0 radical (unpaired) electrons. The topological polar surface area (TPSA) is 69.6 Å². The Balaban J connectivity index is 2.56. The molecule has 4 nitrogen and oxygen atoms in total. The Morgan fingerprint density at radius 2 is 1.94 bits per heavy atom. The average Bonchev–Trinajstić information content (AvgIpc) is 2.29. The summed E-state index contributed by atoms with van der Waals surface area (Å²) in [4.78, 5) is 11.6. The molecule has 0 unspecified atom stereocenters. The third-order valence-electron chi connectivity index (χ3n) is 2.29. The third kappa shape index (κ3) is 3.68. The predicted molar refractivity (Wildman–Crippen MR) is 63.5 cm³/mol. The highest BCUT2D eigenvalue weighted by Crippen LogP contribution is 1.97. The van der Waals surface area contributed by atoms with E-state index < -0.39 is 7.12 Å². The Bertz CT molecular complexity index is 338. The summed E-state index contributed by atoms with van der Waals surface area (Å²) in [6, 6.07) is 6.21. The van der Waals surface area contributed by atoms with Crippen LogP contribution in [-0.2, 0) is 0 Å². The van der Waals surface area contributed by atoms with Crippen LogP contribution in [0.15, 0.2) is 24.3 Å². The van der Waals surface area contributed by atoms with Gasteiger partial charge in [0.1, 0.15) is 0 Å². The van der Waals surface area contributed by atoms with E-state index in [9.17, 15) is 4.79 Å². The number of hydrogen-bond acceptors (Lipinski definition) is 3. The van der Waals surface area contributed by atoms with E-state index in [-0.39, 0.29) is 5.91 Å². The van der Waals surface area contributed by atoms with Gasteiger partial charge in [0.2, 0.25) is 0 Å². The van der Waals surface area contributed by atoms with E-state index in [1.807, 2.05) is 0 Å².